The molecule has 1 aromatic carbocycles. The van der Waals surface area contributed by atoms with E-state index >= 15 is 0 Å². The van der Waals surface area contributed by atoms with E-state index in [0.717, 1.165) is 5.56 Å². The molecular weight excluding hydrogens is 232 g/mol. The number of benzene rings is 1. The van der Waals surface area contributed by atoms with E-state index in [1.807, 2.05) is 13.1 Å². The Morgan fingerprint density at radius 1 is 1.44 bits per heavy atom. The first-order chi connectivity index (χ1) is 8.58. The summed E-state index contributed by atoms with van der Waals surface area (Å²) in [6, 6.07) is 5.24. The van der Waals surface area contributed by atoms with Gasteiger partial charge in [-0.2, -0.15) is 0 Å². The molecule has 1 amide bonds. The van der Waals surface area contributed by atoms with E-state index in [2.05, 4.69) is 10.6 Å². The van der Waals surface area contributed by atoms with Crippen molar-refractivity contribution in [3.8, 4) is 5.75 Å². The van der Waals surface area contributed by atoms with Gasteiger partial charge in [0.05, 0.1) is 0 Å². The predicted molar refractivity (Wildman–Crippen MR) is 69.8 cm³/mol. The zero-order chi connectivity index (χ0) is 13.5. The second-order valence-electron chi connectivity index (χ2n) is 3.73. The first kappa shape index (κ1) is 14.0. The maximum Gasteiger partial charge on any atom is 0.257 e. The van der Waals surface area contributed by atoms with Crippen LogP contribution in [0.2, 0.25) is 0 Å². The molecule has 0 atom stereocenters. The van der Waals surface area contributed by atoms with E-state index in [4.69, 9.17) is 15.9 Å². The van der Waals surface area contributed by atoms with Gasteiger partial charge in [0.25, 0.3) is 5.91 Å². The van der Waals surface area contributed by atoms with E-state index in [9.17, 15) is 4.79 Å². The second-order valence-corrected chi connectivity index (χ2v) is 3.73. The van der Waals surface area contributed by atoms with E-state index in [1.165, 1.54) is 0 Å². The lowest BCUT2D eigenvalue weighted by Gasteiger charge is -2.12. The second kappa shape index (κ2) is 6.61. The lowest BCUT2D eigenvalue weighted by molar-refractivity contribution is -0.122. The molecule has 0 spiro atoms. The Morgan fingerprint density at radius 3 is 2.72 bits per heavy atom. The molecular formula is C12H18N4O2. The fourth-order valence-electron chi connectivity index (χ4n) is 1.41. The summed E-state index contributed by atoms with van der Waals surface area (Å²) in [6.45, 7) is 0.551. The average molecular weight is 250 g/mol. The molecule has 98 valence electrons. The number of ether oxygens (including phenoxy) is 1. The number of carbonyl (C=O) groups is 1. The summed E-state index contributed by atoms with van der Waals surface area (Å²) < 4.78 is 5.43. The highest BCUT2D eigenvalue weighted by Gasteiger charge is 2.08. The van der Waals surface area contributed by atoms with Crippen molar-refractivity contribution in [3.63, 3.8) is 0 Å². The van der Waals surface area contributed by atoms with Crippen molar-refractivity contribution in [3.05, 3.63) is 29.3 Å². The highest BCUT2D eigenvalue weighted by atomic mass is 16.5. The number of nitrogens with two attached hydrogens (primary N) is 1. The summed E-state index contributed by atoms with van der Waals surface area (Å²) in [6.07, 6.45) is 0. The number of nitrogen functional groups attached to an aromatic ring is 1. The SMILES string of the molecule is CNCc1ccc(C(=N)N)cc1OCC(=O)NC. The number of carbonyl (C=O) groups excluding carboxylic acids is 1. The van der Waals surface area contributed by atoms with Crippen LogP contribution in [0.5, 0.6) is 5.75 Å². The van der Waals surface area contributed by atoms with Crippen molar-refractivity contribution in [2.24, 2.45) is 5.73 Å². The number of amidine groups is 1. The monoisotopic (exact) mass is 250 g/mol. The van der Waals surface area contributed by atoms with Crippen LogP contribution in [0.15, 0.2) is 18.2 Å². The molecule has 0 heterocycles. The average Bonchev–Trinajstić information content (AvgIpc) is 2.37. The smallest absolute Gasteiger partial charge is 0.257 e. The molecule has 0 bridgehead atoms. The Kier molecular flexibility index (Phi) is 5.13. The molecule has 1 aromatic rings. The lowest BCUT2D eigenvalue weighted by Crippen LogP contribution is -2.25. The van der Waals surface area contributed by atoms with Crippen LogP contribution in [-0.4, -0.2) is 32.4 Å². The Bertz CT molecular complexity index is 446. The van der Waals surface area contributed by atoms with Crippen LogP contribution in [0, 0.1) is 5.41 Å². The van der Waals surface area contributed by atoms with Crippen LogP contribution in [0.25, 0.3) is 0 Å². The topological polar surface area (TPSA) is 100 Å². The van der Waals surface area contributed by atoms with Gasteiger partial charge in [-0.15, -0.1) is 0 Å². The minimum absolute atomic E-state index is 0.0317. The number of amides is 1. The summed E-state index contributed by atoms with van der Waals surface area (Å²) in [5.74, 6) is 0.315. The maximum atomic E-state index is 11.2. The fraction of sp³-hybridized carbons (Fsp3) is 0.333. The molecule has 1 rings (SSSR count). The predicted octanol–water partition coefficient (Wildman–Crippen LogP) is -0.185. The third-order valence-electron chi connectivity index (χ3n) is 2.38. The molecule has 0 fully saturated rings. The molecule has 0 aliphatic carbocycles. The molecule has 0 unspecified atom stereocenters. The van der Waals surface area contributed by atoms with Crippen molar-refractivity contribution in [2.45, 2.75) is 6.54 Å². The minimum Gasteiger partial charge on any atom is -0.483 e. The van der Waals surface area contributed by atoms with E-state index in [-0.39, 0.29) is 18.3 Å². The Hall–Kier alpha value is -2.08. The summed E-state index contributed by atoms with van der Waals surface area (Å²) in [4.78, 5) is 11.2. The third-order valence-corrected chi connectivity index (χ3v) is 2.38. The van der Waals surface area contributed by atoms with Gasteiger partial charge in [-0.05, 0) is 13.1 Å². The van der Waals surface area contributed by atoms with Gasteiger partial charge < -0.3 is 21.1 Å². The molecule has 0 aliphatic heterocycles. The molecule has 0 saturated heterocycles. The normalized spacial score (nSPS) is 9.89. The molecule has 0 saturated carbocycles. The van der Waals surface area contributed by atoms with E-state index < -0.39 is 0 Å². The first-order valence-corrected chi connectivity index (χ1v) is 5.53. The quantitative estimate of drug-likeness (QED) is 0.415. The first-order valence-electron chi connectivity index (χ1n) is 5.53. The van der Waals surface area contributed by atoms with Crippen molar-refractivity contribution in [1.82, 2.24) is 10.6 Å². The van der Waals surface area contributed by atoms with Crippen LogP contribution >= 0.6 is 0 Å². The van der Waals surface area contributed by atoms with E-state index in [1.54, 1.807) is 19.2 Å². The molecule has 0 aromatic heterocycles. The summed E-state index contributed by atoms with van der Waals surface area (Å²) >= 11 is 0. The minimum atomic E-state index is -0.210. The Balaban J connectivity index is 2.92. The zero-order valence-electron chi connectivity index (χ0n) is 10.5. The highest BCUT2D eigenvalue weighted by molar-refractivity contribution is 5.95. The summed E-state index contributed by atoms with van der Waals surface area (Å²) in [5, 5.41) is 12.9. The van der Waals surface area contributed by atoms with Gasteiger partial charge in [-0.25, -0.2) is 0 Å². The van der Waals surface area contributed by atoms with Crippen molar-refractivity contribution >= 4 is 11.7 Å². The fourth-order valence-corrected chi connectivity index (χ4v) is 1.41. The van der Waals surface area contributed by atoms with Crippen LogP contribution in [0.4, 0.5) is 0 Å². The third kappa shape index (κ3) is 3.74. The molecule has 0 aliphatic rings. The number of hydrogen-bond donors (Lipinski definition) is 4. The number of likely N-dealkylation sites (N-methyl/N-ethyl adjacent to an activating group) is 1. The van der Waals surface area contributed by atoms with Gasteiger partial charge in [-0.1, -0.05) is 12.1 Å². The molecule has 18 heavy (non-hydrogen) atoms. The number of nitrogens with one attached hydrogen (secondary N) is 3. The standard InChI is InChI=1S/C12H18N4O2/c1-15-6-9-4-3-8(12(13)14)5-10(9)18-7-11(17)16-2/h3-5,15H,6-7H2,1-2H3,(H3,13,14)(H,16,17). The molecule has 6 nitrogen and oxygen atoms in total. The van der Waals surface area contributed by atoms with Gasteiger partial charge in [0, 0.05) is 24.7 Å². The molecule has 5 N–H and O–H groups in total. The molecule has 0 radical (unpaired) electrons. The number of rotatable bonds is 6. The van der Waals surface area contributed by atoms with Gasteiger partial charge in [0.1, 0.15) is 11.6 Å². The van der Waals surface area contributed by atoms with Crippen LogP contribution in [0.1, 0.15) is 11.1 Å². The summed E-state index contributed by atoms with van der Waals surface area (Å²) in [7, 11) is 3.37. The van der Waals surface area contributed by atoms with Gasteiger partial charge in [0.15, 0.2) is 6.61 Å². The van der Waals surface area contributed by atoms with Crippen LogP contribution < -0.4 is 21.1 Å². The van der Waals surface area contributed by atoms with Gasteiger partial charge >= 0.3 is 0 Å². The number of hydrogen-bond acceptors (Lipinski definition) is 4. The van der Waals surface area contributed by atoms with Crippen molar-refractivity contribution < 1.29 is 9.53 Å². The van der Waals surface area contributed by atoms with Crippen molar-refractivity contribution in [2.75, 3.05) is 20.7 Å². The summed E-state index contributed by atoms with van der Waals surface area (Å²) in [5.41, 5.74) is 6.90. The van der Waals surface area contributed by atoms with Gasteiger partial charge in [-0.3, -0.25) is 10.2 Å². The zero-order valence-corrected chi connectivity index (χ0v) is 10.5. The lowest BCUT2D eigenvalue weighted by atomic mass is 10.1. The Morgan fingerprint density at radius 2 is 2.17 bits per heavy atom. The van der Waals surface area contributed by atoms with Crippen LogP contribution in [0.3, 0.4) is 0 Å². The van der Waals surface area contributed by atoms with E-state index in [0.29, 0.717) is 17.9 Å². The largest absolute Gasteiger partial charge is 0.483 e. The molecule has 6 heteroatoms. The van der Waals surface area contributed by atoms with Crippen LogP contribution in [-0.2, 0) is 11.3 Å². The van der Waals surface area contributed by atoms with Crippen molar-refractivity contribution in [1.29, 1.82) is 5.41 Å². The highest BCUT2D eigenvalue weighted by Crippen LogP contribution is 2.20. The maximum absolute atomic E-state index is 11.2. The Labute approximate surface area is 106 Å². The van der Waals surface area contributed by atoms with Gasteiger partial charge in [0.2, 0.25) is 0 Å².